The molecule has 0 aliphatic carbocycles. The van der Waals surface area contributed by atoms with Crippen LogP contribution in [0.4, 0.5) is 0 Å². The maximum atomic E-state index is 11.6. The van der Waals surface area contributed by atoms with Crippen molar-refractivity contribution in [3.05, 3.63) is 88.5 Å². The molecule has 0 amide bonds. The Hall–Kier alpha value is -5.00. The number of rotatable bonds is 3. The standard InChI is InChI=1S/C30H26O11/c31-14-3-4-15(19(34)9-14)25-26-22(37)11-24-16(10-23(38)28(40-24)12-1-5-17(32)20(35)7-12)30(26)41-29(27(25)39)13-2-6-18(33)21(36)8-13/h1-9,11,23,25,27-29,31-39H,10H2/t23-,25-,27+,28-,29+/m1/s1. The van der Waals surface area contributed by atoms with Crippen LogP contribution in [0, 0.1) is 0 Å². The highest BCUT2D eigenvalue weighted by molar-refractivity contribution is 5.64. The van der Waals surface area contributed by atoms with E-state index >= 15 is 0 Å². The van der Waals surface area contributed by atoms with Gasteiger partial charge in [0.25, 0.3) is 0 Å². The van der Waals surface area contributed by atoms with Crippen molar-refractivity contribution in [2.24, 2.45) is 0 Å². The smallest absolute Gasteiger partial charge is 0.157 e. The summed E-state index contributed by atoms with van der Waals surface area (Å²) in [6, 6.07) is 13.0. The monoisotopic (exact) mass is 562 g/mol. The van der Waals surface area contributed by atoms with Crippen LogP contribution in [0.2, 0.25) is 0 Å². The van der Waals surface area contributed by atoms with Crippen LogP contribution in [-0.2, 0) is 6.42 Å². The molecule has 4 aromatic carbocycles. The highest BCUT2D eigenvalue weighted by atomic mass is 16.5. The Morgan fingerprint density at radius 3 is 1.83 bits per heavy atom. The summed E-state index contributed by atoms with van der Waals surface area (Å²) in [6.45, 7) is 0. The number of benzene rings is 4. The van der Waals surface area contributed by atoms with Crippen molar-refractivity contribution in [2.45, 2.75) is 36.8 Å². The van der Waals surface area contributed by atoms with Crippen molar-refractivity contribution in [3.8, 4) is 51.7 Å². The van der Waals surface area contributed by atoms with E-state index in [1.54, 1.807) is 0 Å². The van der Waals surface area contributed by atoms with Crippen LogP contribution < -0.4 is 9.47 Å². The number of hydrogen-bond donors (Lipinski definition) is 9. The minimum atomic E-state index is -1.44. The Morgan fingerprint density at radius 1 is 0.585 bits per heavy atom. The Balaban J connectivity index is 1.51. The van der Waals surface area contributed by atoms with E-state index in [0.29, 0.717) is 11.1 Å². The van der Waals surface area contributed by atoms with E-state index in [2.05, 4.69) is 0 Å². The molecular weight excluding hydrogens is 536 g/mol. The maximum absolute atomic E-state index is 11.6. The Labute approximate surface area is 232 Å². The second-order valence-corrected chi connectivity index (χ2v) is 10.2. The molecule has 0 bridgehead atoms. The fourth-order valence-electron chi connectivity index (χ4n) is 5.61. The Bertz CT molecular complexity index is 1670. The summed E-state index contributed by atoms with van der Waals surface area (Å²) in [7, 11) is 0. The molecule has 0 saturated carbocycles. The van der Waals surface area contributed by atoms with Crippen LogP contribution in [0.1, 0.15) is 45.9 Å². The van der Waals surface area contributed by atoms with Crippen LogP contribution in [0.3, 0.4) is 0 Å². The molecule has 9 N–H and O–H groups in total. The van der Waals surface area contributed by atoms with E-state index in [9.17, 15) is 46.0 Å². The van der Waals surface area contributed by atoms with Gasteiger partial charge in [0.15, 0.2) is 29.1 Å². The van der Waals surface area contributed by atoms with Gasteiger partial charge in [0.05, 0.1) is 6.10 Å². The predicted octanol–water partition coefficient (Wildman–Crippen LogP) is 3.29. The van der Waals surface area contributed by atoms with Gasteiger partial charge in [0.1, 0.15) is 41.0 Å². The lowest BCUT2D eigenvalue weighted by Crippen LogP contribution is -2.37. The van der Waals surface area contributed by atoms with Crippen molar-refractivity contribution >= 4 is 0 Å². The van der Waals surface area contributed by atoms with Gasteiger partial charge in [-0.3, -0.25) is 0 Å². The van der Waals surface area contributed by atoms with Crippen molar-refractivity contribution in [1.82, 2.24) is 0 Å². The highest BCUT2D eigenvalue weighted by Gasteiger charge is 2.45. The molecule has 2 aliphatic heterocycles. The van der Waals surface area contributed by atoms with E-state index in [-0.39, 0.29) is 63.4 Å². The van der Waals surface area contributed by atoms with Crippen LogP contribution in [0.15, 0.2) is 60.7 Å². The molecule has 0 radical (unpaired) electrons. The number of hydrogen-bond acceptors (Lipinski definition) is 11. The summed E-state index contributed by atoms with van der Waals surface area (Å²) in [4.78, 5) is 0. The topological polar surface area (TPSA) is 201 Å². The second-order valence-electron chi connectivity index (χ2n) is 10.2. The molecule has 41 heavy (non-hydrogen) atoms. The summed E-state index contributed by atoms with van der Waals surface area (Å²) in [6.07, 6.45) is -4.79. The summed E-state index contributed by atoms with van der Waals surface area (Å²) < 4.78 is 12.3. The van der Waals surface area contributed by atoms with Crippen LogP contribution >= 0.6 is 0 Å². The molecule has 2 aliphatic rings. The molecule has 11 nitrogen and oxygen atoms in total. The van der Waals surface area contributed by atoms with Gasteiger partial charge in [-0.05, 0) is 41.5 Å². The Kier molecular flexibility index (Phi) is 6.13. The molecular formula is C30H26O11. The van der Waals surface area contributed by atoms with Gasteiger partial charge in [0, 0.05) is 41.2 Å². The number of aliphatic hydroxyl groups is 2. The summed E-state index contributed by atoms with van der Waals surface area (Å²) in [5, 5.41) is 94.1. The molecule has 0 aromatic heterocycles. The zero-order valence-electron chi connectivity index (χ0n) is 21.2. The van der Waals surface area contributed by atoms with Gasteiger partial charge in [-0.1, -0.05) is 18.2 Å². The lowest BCUT2D eigenvalue weighted by atomic mass is 9.77. The first kappa shape index (κ1) is 26.2. The Morgan fingerprint density at radius 2 is 1.22 bits per heavy atom. The molecule has 5 atom stereocenters. The molecule has 2 heterocycles. The fraction of sp³-hybridized carbons (Fsp3) is 0.200. The molecule has 11 heteroatoms. The van der Waals surface area contributed by atoms with Gasteiger partial charge in [-0.2, -0.15) is 0 Å². The fourth-order valence-corrected chi connectivity index (χ4v) is 5.61. The van der Waals surface area contributed by atoms with Crippen LogP contribution in [0.25, 0.3) is 0 Å². The predicted molar refractivity (Wildman–Crippen MR) is 142 cm³/mol. The quantitative estimate of drug-likeness (QED) is 0.166. The number of ether oxygens (including phenoxy) is 2. The molecule has 0 unspecified atom stereocenters. The maximum Gasteiger partial charge on any atom is 0.157 e. The van der Waals surface area contributed by atoms with Crippen molar-refractivity contribution in [3.63, 3.8) is 0 Å². The largest absolute Gasteiger partial charge is 0.508 e. The number of aliphatic hydroxyl groups excluding tert-OH is 2. The molecule has 0 saturated heterocycles. The zero-order valence-corrected chi connectivity index (χ0v) is 21.2. The SMILES string of the molecule is Oc1ccc([C@@H]2c3c(O)cc4c(c3O[C@@H](c3ccc(O)c(O)c3)[C@H]2O)C[C@@H](O)[C@@H](c2ccc(O)c(O)c2)O4)c(O)c1. The first-order chi connectivity index (χ1) is 19.5. The third-order valence-corrected chi connectivity index (χ3v) is 7.59. The lowest BCUT2D eigenvalue weighted by molar-refractivity contribution is -0.00190. The minimum absolute atomic E-state index is 0.0395. The van der Waals surface area contributed by atoms with Crippen LogP contribution in [-0.4, -0.2) is 58.2 Å². The highest BCUT2D eigenvalue weighted by Crippen LogP contribution is 2.56. The van der Waals surface area contributed by atoms with Crippen LogP contribution in [0.5, 0.6) is 51.7 Å². The zero-order chi connectivity index (χ0) is 29.2. The number of phenolic OH excluding ortho intramolecular Hbond substituents is 7. The van der Waals surface area contributed by atoms with E-state index in [4.69, 9.17) is 9.47 Å². The van der Waals surface area contributed by atoms with Gasteiger partial charge >= 0.3 is 0 Å². The number of phenols is 7. The van der Waals surface area contributed by atoms with Crippen molar-refractivity contribution in [1.29, 1.82) is 0 Å². The summed E-state index contributed by atoms with van der Waals surface area (Å²) in [5.41, 5.74) is 1.27. The average molecular weight is 563 g/mol. The first-order valence-electron chi connectivity index (χ1n) is 12.7. The van der Waals surface area contributed by atoms with Gasteiger partial charge in [-0.15, -0.1) is 0 Å². The van der Waals surface area contributed by atoms with E-state index in [0.717, 1.165) is 6.07 Å². The molecule has 0 fully saturated rings. The third kappa shape index (κ3) is 4.31. The van der Waals surface area contributed by atoms with E-state index in [1.807, 2.05) is 0 Å². The van der Waals surface area contributed by atoms with E-state index < -0.39 is 41.8 Å². The third-order valence-electron chi connectivity index (χ3n) is 7.59. The number of aromatic hydroxyl groups is 7. The molecule has 4 aromatic rings. The van der Waals surface area contributed by atoms with Gasteiger partial charge in [-0.25, -0.2) is 0 Å². The first-order valence-corrected chi connectivity index (χ1v) is 12.7. The lowest BCUT2D eigenvalue weighted by Gasteiger charge is -2.41. The van der Waals surface area contributed by atoms with Gasteiger partial charge < -0.3 is 55.4 Å². The molecule has 0 spiro atoms. The normalized spacial score (nSPS) is 23.1. The minimum Gasteiger partial charge on any atom is -0.508 e. The number of fused-ring (bicyclic) bond motifs is 3. The molecule has 212 valence electrons. The van der Waals surface area contributed by atoms with Gasteiger partial charge in [0.2, 0.25) is 0 Å². The summed E-state index contributed by atoms with van der Waals surface area (Å²) >= 11 is 0. The second kappa shape index (κ2) is 9.58. The van der Waals surface area contributed by atoms with Crippen molar-refractivity contribution in [2.75, 3.05) is 0 Å². The van der Waals surface area contributed by atoms with E-state index in [1.165, 1.54) is 54.6 Å². The van der Waals surface area contributed by atoms with Crippen molar-refractivity contribution < 1.29 is 55.4 Å². The molecule has 6 rings (SSSR count). The summed E-state index contributed by atoms with van der Waals surface area (Å²) in [5.74, 6) is -3.36. The average Bonchev–Trinajstić information content (AvgIpc) is 2.92.